The smallest absolute Gasteiger partial charge is 0.251 e. The van der Waals surface area contributed by atoms with Crippen LogP contribution in [0.2, 0.25) is 0 Å². The molecule has 2 N–H and O–H groups in total. The Kier molecular flexibility index (Phi) is 4.16. The van der Waals surface area contributed by atoms with Gasteiger partial charge in [-0.3, -0.25) is 4.79 Å². The molecule has 3 heteroatoms. The second kappa shape index (κ2) is 6.23. The number of nitrogens with one attached hydrogen (secondary N) is 2. The number of amides is 1. The van der Waals surface area contributed by atoms with Crippen LogP contribution < -0.4 is 10.6 Å². The van der Waals surface area contributed by atoms with Crippen LogP contribution in [0.4, 0.5) is 0 Å². The first-order valence-electron chi connectivity index (χ1n) is 7.59. The molecule has 1 aromatic rings. The van der Waals surface area contributed by atoms with Gasteiger partial charge in [-0.15, -0.1) is 0 Å². The number of rotatable bonds is 3. The summed E-state index contributed by atoms with van der Waals surface area (Å²) in [4.78, 5) is 12.4. The molecule has 1 heterocycles. The van der Waals surface area contributed by atoms with E-state index in [1.54, 1.807) is 0 Å². The Morgan fingerprint density at radius 1 is 1.35 bits per heavy atom. The molecule has 0 saturated heterocycles. The lowest BCUT2D eigenvalue weighted by Gasteiger charge is -2.21. The van der Waals surface area contributed by atoms with Crippen LogP contribution in [0.5, 0.6) is 0 Å². The average Bonchev–Trinajstić information content (AvgIpc) is 2.53. The zero-order valence-corrected chi connectivity index (χ0v) is 11.8. The minimum absolute atomic E-state index is 0.0957. The van der Waals surface area contributed by atoms with Crippen LogP contribution in [0.1, 0.15) is 40.7 Å². The van der Waals surface area contributed by atoms with Crippen molar-refractivity contribution in [2.45, 2.75) is 32.2 Å². The van der Waals surface area contributed by atoms with Gasteiger partial charge in [-0.25, -0.2) is 0 Å². The zero-order valence-electron chi connectivity index (χ0n) is 11.8. The Balaban J connectivity index is 1.66. The summed E-state index contributed by atoms with van der Waals surface area (Å²) in [6.07, 6.45) is 8.85. The molecule has 2 aliphatic rings. The lowest BCUT2D eigenvalue weighted by molar-refractivity contribution is 0.0945. The molecule has 1 aromatic carbocycles. The van der Waals surface area contributed by atoms with E-state index < -0.39 is 0 Å². The van der Waals surface area contributed by atoms with E-state index in [2.05, 4.69) is 28.9 Å². The second-order valence-corrected chi connectivity index (χ2v) is 5.73. The van der Waals surface area contributed by atoms with Gasteiger partial charge in [0.25, 0.3) is 5.91 Å². The van der Waals surface area contributed by atoms with Crippen molar-refractivity contribution in [2.24, 2.45) is 5.92 Å². The number of fused-ring (bicyclic) bond motifs is 1. The van der Waals surface area contributed by atoms with Gasteiger partial charge in [0.05, 0.1) is 0 Å². The summed E-state index contributed by atoms with van der Waals surface area (Å²) in [5.74, 6) is 0.698. The van der Waals surface area contributed by atoms with Gasteiger partial charge >= 0.3 is 0 Å². The van der Waals surface area contributed by atoms with E-state index in [1.165, 1.54) is 17.5 Å². The number of allylic oxidation sites excluding steroid dienone is 2. The summed E-state index contributed by atoms with van der Waals surface area (Å²) in [7, 11) is 0. The first-order chi connectivity index (χ1) is 9.84. The van der Waals surface area contributed by atoms with Gasteiger partial charge in [0.2, 0.25) is 0 Å². The maximum atomic E-state index is 12.4. The van der Waals surface area contributed by atoms with E-state index in [4.69, 9.17) is 0 Å². The maximum absolute atomic E-state index is 12.4. The minimum Gasteiger partial charge on any atom is -0.352 e. The van der Waals surface area contributed by atoms with Crippen LogP contribution in [0, 0.1) is 5.92 Å². The van der Waals surface area contributed by atoms with Crippen molar-refractivity contribution in [1.29, 1.82) is 0 Å². The standard InChI is InChI=1S/C17H22N2O/c20-17(19-11-13-5-2-1-3-6-13)16-8-4-7-14-12-18-10-9-15(14)16/h1-2,4,7-8,13,18H,3,5-6,9-12H2,(H,19,20). The van der Waals surface area contributed by atoms with Crippen LogP contribution in [0.15, 0.2) is 30.4 Å². The molecule has 3 rings (SSSR count). The van der Waals surface area contributed by atoms with Crippen molar-refractivity contribution in [3.8, 4) is 0 Å². The van der Waals surface area contributed by atoms with E-state index in [-0.39, 0.29) is 5.91 Å². The highest BCUT2D eigenvalue weighted by atomic mass is 16.1. The molecule has 0 fully saturated rings. The lowest BCUT2D eigenvalue weighted by atomic mass is 9.93. The molecule has 1 aliphatic heterocycles. The number of benzene rings is 1. The number of hydrogen-bond donors (Lipinski definition) is 2. The molecule has 1 aliphatic carbocycles. The number of carbonyl (C=O) groups is 1. The highest BCUT2D eigenvalue weighted by Crippen LogP contribution is 2.20. The summed E-state index contributed by atoms with van der Waals surface area (Å²) in [6, 6.07) is 6.06. The summed E-state index contributed by atoms with van der Waals surface area (Å²) in [6.45, 7) is 2.64. The number of carbonyl (C=O) groups excluding carboxylic acids is 1. The molecular weight excluding hydrogens is 248 g/mol. The largest absolute Gasteiger partial charge is 0.352 e. The van der Waals surface area contributed by atoms with Gasteiger partial charge in [-0.05, 0) is 55.3 Å². The molecule has 1 unspecified atom stereocenters. The minimum atomic E-state index is 0.0957. The normalized spacial score (nSPS) is 21.3. The molecule has 0 spiro atoms. The van der Waals surface area contributed by atoms with E-state index in [0.29, 0.717) is 5.92 Å². The van der Waals surface area contributed by atoms with Gasteiger partial charge in [0.1, 0.15) is 0 Å². The van der Waals surface area contributed by atoms with Crippen molar-refractivity contribution in [3.63, 3.8) is 0 Å². The summed E-state index contributed by atoms with van der Waals surface area (Å²) in [5, 5.41) is 6.48. The lowest BCUT2D eigenvalue weighted by Crippen LogP contribution is -2.32. The molecule has 0 bridgehead atoms. The van der Waals surface area contributed by atoms with Gasteiger partial charge in [-0.2, -0.15) is 0 Å². The summed E-state index contributed by atoms with van der Waals surface area (Å²) >= 11 is 0. The topological polar surface area (TPSA) is 41.1 Å². The first kappa shape index (κ1) is 13.4. The molecule has 1 atom stereocenters. The summed E-state index contributed by atoms with van der Waals surface area (Å²) < 4.78 is 0. The van der Waals surface area contributed by atoms with Crippen molar-refractivity contribution < 1.29 is 4.79 Å². The highest BCUT2D eigenvalue weighted by Gasteiger charge is 2.18. The molecule has 0 radical (unpaired) electrons. The van der Waals surface area contributed by atoms with E-state index in [0.717, 1.165) is 44.5 Å². The third-order valence-corrected chi connectivity index (χ3v) is 4.31. The first-order valence-corrected chi connectivity index (χ1v) is 7.59. The fraction of sp³-hybridized carbons (Fsp3) is 0.471. The van der Waals surface area contributed by atoms with E-state index >= 15 is 0 Å². The van der Waals surface area contributed by atoms with Gasteiger partial charge in [-0.1, -0.05) is 24.3 Å². The Morgan fingerprint density at radius 3 is 3.15 bits per heavy atom. The Hall–Kier alpha value is -1.61. The van der Waals surface area contributed by atoms with Crippen LogP contribution >= 0.6 is 0 Å². The third-order valence-electron chi connectivity index (χ3n) is 4.31. The van der Waals surface area contributed by atoms with E-state index in [1.807, 2.05) is 12.1 Å². The Labute approximate surface area is 120 Å². The predicted molar refractivity (Wildman–Crippen MR) is 80.7 cm³/mol. The van der Waals surface area contributed by atoms with Gasteiger partial charge in [0.15, 0.2) is 0 Å². The van der Waals surface area contributed by atoms with Crippen LogP contribution in [0.25, 0.3) is 0 Å². The highest BCUT2D eigenvalue weighted by molar-refractivity contribution is 5.96. The van der Waals surface area contributed by atoms with E-state index in [9.17, 15) is 4.79 Å². The predicted octanol–water partition coefficient (Wildman–Crippen LogP) is 2.42. The van der Waals surface area contributed by atoms with Crippen molar-refractivity contribution in [1.82, 2.24) is 10.6 Å². The second-order valence-electron chi connectivity index (χ2n) is 5.73. The van der Waals surface area contributed by atoms with Crippen molar-refractivity contribution >= 4 is 5.91 Å². The zero-order chi connectivity index (χ0) is 13.8. The van der Waals surface area contributed by atoms with Crippen LogP contribution in [-0.2, 0) is 13.0 Å². The van der Waals surface area contributed by atoms with Crippen LogP contribution in [0.3, 0.4) is 0 Å². The van der Waals surface area contributed by atoms with Crippen molar-refractivity contribution in [3.05, 3.63) is 47.0 Å². The molecule has 0 saturated carbocycles. The monoisotopic (exact) mass is 270 g/mol. The molecular formula is C17H22N2O. The van der Waals surface area contributed by atoms with Crippen molar-refractivity contribution in [2.75, 3.05) is 13.1 Å². The fourth-order valence-corrected chi connectivity index (χ4v) is 3.12. The third kappa shape index (κ3) is 2.93. The fourth-order valence-electron chi connectivity index (χ4n) is 3.12. The molecule has 1 amide bonds. The van der Waals surface area contributed by atoms with Crippen LogP contribution in [-0.4, -0.2) is 19.0 Å². The summed E-state index contributed by atoms with van der Waals surface area (Å²) in [5.41, 5.74) is 3.37. The maximum Gasteiger partial charge on any atom is 0.251 e. The average molecular weight is 270 g/mol. The van der Waals surface area contributed by atoms with Gasteiger partial charge in [0, 0.05) is 18.7 Å². The molecule has 0 aromatic heterocycles. The van der Waals surface area contributed by atoms with Gasteiger partial charge < -0.3 is 10.6 Å². The Bertz CT molecular complexity index is 522. The number of hydrogen-bond acceptors (Lipinski definition) is 2. The molecule has 106 valence electrons. The quantitative estimate of drug-likeness (QED) is 0.828. The molecule has 3 nitrogen and oxygen atoms in total. The Morgan fingerprint density at radius 2 is 2.30 bits per heavy atom. The molecule has 20 heavy (non-hydrogen) atoms. The SMILES string of the molecule is O=C(NCC1CC=CCC1)c1cccc2c1CCNC2.